The maximum absolute atomic E-state index is 4.84. The highest BCUT2D eigenvalue weighted by Gasteiger charge is 2.31. The van der Waals surface area contributed by atoms with Gasteiger partial charge in [-0.1, -0.05) is 13.0 Å². The zero-order valence-corrected chi connectivity index (χ0v) is 17.7. The molecular weight excluding hydrogens is 374 g/mol. The molecule has 6 nitrogen and oxygen atoms in total. The Morgan fingerprint density at radius 3 is 2.74 bits per heavy atom. The number of nitrogens with zero attached hydrogens (tertiary/aromatic N) is 5. The molecule has 0 aliphatic carbocycles. The largest absolute Gasteiger partial charge is 0.365 e. The molecule has 2 unspecified atom stereocenters. The van der Waals surface area contributed by atoms with Crippen LogP contribution in [0.4, 0.5) is 11.8 Å². The van der Waals surface area contributed by atoms with Gasteiger partial charge in [-0.05, 0) is 36.6 Å². The number of anilines is 2. The Morgan fingerprint density at radius 1 is 1.15 bits per heavy atom. The van der Waals surface area contributed by atoms with Crippen molar-refractivity contribution in [1.29, 1.82) is 0 Å². The van der Waals surface area contributed by atoms with Crippen LogP contribution >= 0.6 is 18.5 Å². The Kier molecular flexibility index (Phi) is 5.21. The maximum atomic E-state index is 4.84. The summed E-state index contributed by atoms with van der Waals surface area (Å²) in [5, 5.41) is 4.43. The Bertz CT molecular complexity index is 962. The van der Waals surface area contributed by atoms with Gasteiger partial charge in [0.2, 0.25) is 5.95 Å². The zero-order valence-electron chi connectivity index (χ0n) is 15.4. The van der Waals surface area contributed by atoms with Gasteiger partial charge in [0, 0.05) is 42.6 Å². The Balaban J connectivity index is 1.66. The van der Waals surface area contributed by atoms with Crippen LogP contribution in [0.15, 0.2) is 36.7 Å². The number of aromatic nitrogens is 4. The third-order valence-corrected chi connectivity index (χ3v) is 5.78. The topological polar surface area (TPSA) is 66.8 Å². The molecule has 0 bridgehead atoms. The van der Waals surface area contributed by atoms with Gasteiger partial charge in [-0.3, -0.25) is 4.98 Å². The van der Waals surface area contributed by atoms with Crippen molar-refractivity contribution >= 4 is 41.3 Å². The van der Waals surface area contributed by atoms with Crippen molar-refractivity contribution in [2.45, 2.75) is 31.2 Å². The van der Waals surface area contributed by atoms with Crippen molar-refractivity contribution < 1.29 is 0 Å². The summed E-state index contributed by atoms with van der Waals surface area (Å²) in [5.74, 6) is 1.55. The van der Waals surface area contributed by atoms with E-state index in [9.17, 15) is 0 Å². The smallest absolute Gasteiger partial charge is 0.229 e. The van der Waals surface area contributed by atoms with Gasteiger partial charge >= 0.3 is 0 Å². The molecule has 8 heteroatoms. The van der Waals surface area contributed by atoms with Crippen molar-refractivity contribution in [3.05, 3.63) is 47.9 Å². The van der Waals surface area contributed by atoms with Crippen molar-refractivity contribution in [2.24, 2.45) is 0 Å². The minimum Gasteiger partial charge on any atom is -0.365 e. The number of fused-ring (bicyclic) bond motifs is 1. The normalized spacial score (nSPS) is 16.0. The lowest BCUT2D eigenvalue weighted by Crippen LogP contribution is -2.25. The summed E-state index contributed by atoms with van der Waals surface area (Å²) in [7, 11) is 5.84. The molecule has 1 fully saturated rings. The fourth-order valence-electron chi connectivity index (χ4n) is 3.38. The molecule has 2 atom stereocenters. The van der Waals surface area contributed by atoms with E-state index in [0.29, 0.717) is 6.54 Å². The first-order valence-electron chi connectivity index (χ1n) is 9.18. The molecule has 1 saturated heterocycles. The van der Waals surface area contributed by atoms with Gasteiger partial charge in [-0.2, -0.15) is 9.97 Å². The number of rotatable bonds is 5. The molecule has 0 aromatic carbocycles. The Labute approximate surface area is 164 Å². The van der Waals surface area contributed by atoms with E-state index in [0.717, 1.165) is 54.4 Å². The van der Waals surface area contributed by atoms with Crippen LogP contribution in [0.5, 0.6) is 0 Å². The highest BCUT2D eigenvalue weighted by molar-refractivity contribution is 7.40. The Morgan fingerprint density at radius 2 is 1.96 bits per heavy atom. The molecule has 3 aromatic heterocycles. The van der Waals surface area contributed by atoms with E-state index < -0.39 is 0 Å². The molecule has 3 aromatic rings. The van der Waals surface area contributed by atoms with Crippen molar-refractivity contribution in [2.75, 3.05) is 23.3 Å². The van der Waals surface area contributed by atoms with E-state index in [1.807, 2.05) is 24.4 Å². The predicted octanol–water partition coefficient (Wildman–Crippen LogP) is 3.25. The number of hydrogen-bond acceptors (Lipinski definition) is 6. The monoisotopic (exact) mass is 398 g/mol. The lowest BCUT2D eigenvalue weighted by molar-refractivity contribution is 0.892. The SMILES string of the molecule is CCc1ncccc1CNc1nc(N2CCC(P)(P)C2)nc2ncccc12. The van der Waals surface area contributed by atoms with Crippen LogP contribution < -0.4 is 10.2 Å². The summed E-state index contributed by atoms with van der Waals surface area (Å²) in [4.78, 5) is 20.8. The van der Waals surface area contributed by atoms with Crippen LogP contribution in [-0.2, 0) is 13.0 Å². The molecule has 0 radical (unpaired) electrons. The van der Waals surface area contributed by atoms with E-state index in [4.69, 9.17) is 9.97 Å². The van der Waals surface area contributed by atoms with E-state index >= 15 is 0 Å². The molecule has 4 rings (SSSR count). The molecule has 1 aliphatic rings. The van der Waals surface area contributed by atoms with E-state index in [-0.39, 0.29) is 4.90 Å². The Hall–Kier alpha value is -1.90. The minimum atomic E-state index is 0.127. The molecule has 0 saturated carbocycles. The first-order valence-corrected chi connectivity index (χ1v) is 10.3. The third-order valence-electron chi connectivity index (χ3n) is 4.84. The van der Waals surface area contributed by atoms with Crippen LogP contribution in [0.25, 0.3) is 11.0 Å². The average molecular weight is 398 g/mol. The molecule has 1 aliphatic heterocycles. The molecule has 4 heterocycles. The molecule has 0 spiro atoms. The summed E-state index contributed by atoms with van der Waals surface area (Å²) in [5.41, 5.74) is 3.02. The van der Waals surface area contributed by atoms with E-state index in [1.54, 1.807) is 6.20 Å². The van der Waals surface area contributed by atoms with Gasteiger partial charge in [0.25, 0.3) is 0 Å². The number of hydrogen-bond donors (Lipinski definition) is 1. The van der Waals surface area contributed by atoms with Gasteiger partial charge in [-0.25, -0.2) is 4.98 Å². The lowest BCUT2D eigenvalue weighted by Gasteiger charge is -2.20. The zero-order chi connectivity index (χ0) is 18.9. The quantitative estimate of drug-likeness (QED) is 0.666. The van der Waals surface area contributed by atoms with Crippen LogP contribution in [0, 0.1) is 0 Å². The van der Waals surface area contributed by atoms with Gasteiger partial charge in [0.15, 0.2) is 5.65 Å². The second-order valence-corrected chi connectivity index (χ2v) is 9.93. The molecule has 0 amide bonds. The number of nitrogens with one attached hydrogen (secondary N) is 1. The second-order valence-electron chi connectivity index (χ2n) is 6.97. The van der Waals surface area contributed by atoms with E-state index in [2.05, 4.69) is 51.7 Å². The summed E-state index contributed by atoms with van der Waals surface area (Å²) in [6.45, 7) is 4.63. The standard InChI is InChI=1S/C19H24N6P2/c1-2-15-13(5-3-8-20-15)11-22-17-14-6-4-9-21-16(14)23-18(24-17)25-10-7-19(26,27)12-25/h3-6,8-9H,2,7,10-12,26-27H2,1H3,(H,21,22,23,24). The van der Waals surface area contributed by atoms with Crippen LogP contribution in [0.2, 0.25) is 0 Å². The lowest BCUT2D eigenvalue weighted by atomic mass is 10.1. The average Bonchev–Trinajstić information content (AvgIpc) is 3.06. The summed E-state index contributed by atoms with van der Waals surface area (Å²) < 4.78 is 0. The van der Waals surface area contributed by atoms with Gasteiger partial charge in [-0.15, -0.1) is 18.5 Å². The van der Waals surface area contributed by atoms with Crippen molar-refractivity contribution in [1.82, 2.24) is 19.9 Å². The molecule has 140 valence electrons. The first kappa shape index (κ1) is 18.5. The van der Waals surface area contributed by atoms with Gasteiger partial charge in [0.05, 0.1) is 5.39 Å². The fraction of sp³-hybridized carbons (Fsp3) is 0.368. The summed E-state index contributed by atoms with van der Waals surface area (Å²) in [6, 6.07) is 8.02. The van der Waals surface area contributed by atoms with Gasteiger partial charge < -0.3 is 10.2 Å². The first-order chi connectivity index (χ1) is 13.1. The minimum absolute atomic E-state index is 0.127. The number of pyridine rings is 2. The highest BCUT2D eigenvalue weighted by Crippen LogP contribution is 2.38. The van der Waals surface area contributed by atoms with Crippen LogP contribution in [0.3, 0.4) is 0 Å². The van der Waals surface area contributed by atoms with Crippen LogP contribution in [0.1, 0.15) is 24.6 Å². The molecular formula is C19H24N6P2. The summed E-state index contributed by atoms with van der Waals surface area (Å²) >= 11 is 0. The van der Waals surface area contributed by atoms with Crippen LogP contribution in [-0.4, -0.2) is 37.9 Å². The van der Waals surface area contributed by atoms with Crippen molar-refractivity contribution in [3.8, 4) is 0 Å². The third kappa shape index (κ3) is 4.02. The highest BCUT2D eigenvalue weighted by atomic mass is 31.1. The fourth-order valence-corrected chi connectivity index (χ4v) is 4.08. The number of aryl methyl sites for hydroxylation is 1. The second kappa shape index (κ2) is 7.61. The molecule has 27 heavy (non-hydrogen) atoms. The predicted molar refractivity (Wildman–Crippen MR) is 117 cm³/mol. The summed E-state index contributed by atoms with van der Waals surface area (Å²) in [6.07, 6.45) is 5.60. The maximum Gasteiger partial charge on any atom is 0.229 e. The molecule has 1 N–H and O–H groups in total. The van der Waals surface area contributed by atoms with E-state index in [1.165, 1.54) is 5.56 Å². The van der Waals surface area contributed by atoms with Crippen molar-refractivity contribution in [3.63, 3.8) is 0 Å². The van der Waals surface area contributed by atoms with Gasteiger partial charge in [0.1, 0.15) is 5.82 Å².